The summed E-state index contributed by atoms with van der Waals surface area (Å²) < 4.78 is 28.1. The maximum absolute atomic E-state index is 11.9. The number of rotatable bonds is 2. The molecule has 0 aliphatic heterocycles. The highest BCUT2D eigenvalue weighted by Gasteiger charge is 2.05. The molecule has 0 amide bonds. The molecule has 0 aliphatic carbocycles. The summed E-state index contributed by atoms with van der Waals surface area (Å²) in [7, 11) is 0. The van der Waals surface area contributed by atoms with Gasteiger partial charge in [0.05, 0.1) is 5.52 Å². The average molecular weight is 211 g/mol. The van der Waals surface area contributed by atoms with Crippen LogP contribution in [-0.4, -0.2) is 16.6 Å². The molecule has 15 heavy (non-hydrogen) atoms. The first kappa shape index (κ1) is 9.57. The van der Waals surface area contributed by atoms with Crippen LogP contribution in [0.5, 0.6) is 5.75 Å². The van der Waals surface area contributed by atoms with E-state index in [4.69, 9.17) is 5.73 Å². The smallest absolute Gasteiger partial charge is 0.387 e. The second-order valence-electron chi connectivity index (χ2n) is 2.83. The average Bonchev–Trinajstić information content (AvgIpc) is 2.16. The van der Waals surface area contributed by atoms with E-state index in [-0.39, 0.29) is 11.7 Å². The van der Waals surface area contributed by atoms with Gasteiger partial charge in [0.1, 0.15) is 5.75 Å². The number of alkyl halides is 2. The number of aromatic nitrogens is 2. The first-order chi connectivity index (χ1) is 7.15. The molecular weight excluding hydrogens is 204 g/mol. The van der Waals surface area contributed by atoms with Crippen molar-refractivity contribution < 1.29 is 13.5 Å². The van der Waals surface area contributed by atoms with Crippen molar-refractivity contribution >= 4 is 16.9 Å². The SMILES string of the molecule is Nc1ncc2ccc(OC(F)F)cc2n1. The molecule has 0 saturated heterocycles. The Balaban J connectivity index is 2.45. The van der Waals surface area contributed by atoms with Crippen LogP contribution in [0.15, 0.2) is 24.4 Å². The predicted molar refractivity (Wildman–Crippen MR) is 50.6 cm³/mol. The number of halogens is 2. The van der Waals surface area contributed by atoms with Crippen LogP contribution in [-0.2, 0) is 0 Å². The molecule has 78 valence electrons. The van der Waals surface area contributed by atoms with Gasteiger partial charge in [0, 0.05) is 17.6 Å². The summed E-state index contributed by atoms with van der Waals surface area (Å²) in [6, 6.07) is 4.40. The van der Waals surface area contributed by atoms with Crippen molar-refractivity contribution in [2.75, 3.05) is 5.73 Å². The molecule has 4 nitrogen and oxygen atoms in total. The molecule has 0 fully saturated rings. The third-order valence-electron chi connectivity index (χ3n) is 1.80. The summed E-state index contributed by atoms with van der Waals surface area (Å²) in [4.78, 5) is 7.66. The van der Waals surface area contributed by atoms with Crippen molar-refractivity contribution in [3.63, 3.8) is 0 Å². The van der Waals surface area contributed by atoms with Gasteiger partial charge in [-0.15, -0.1) is 0 Å². The number of nitrogen functional groups attached to an aromatic ring is 1. The highest BCUT2D eigenvalue weighted by molar-refractivity contribution is 5.79. The van der Waals surface area contributed by atoms with Crippen LogP contribution in [0.3, 0.4) is 0 Å². The van der Waals surface area contributed by atoms with Crippen LogP contribution >= 0.6 is 0 Å². The Bertz CT molecular complexity index is 490. The number of hydrogen-bond acceptors (Lipinski definition) is 4. The largest absolute Gasteiger partial charge is 0.435 e. The minimum atomic E-state index is -2.85. The Morgan fingerprint density at radius 1 is 1.33 bits per heavy atom. The van der Waals surface area contributed by atoms with E-state index in [2.05, 4.69) is 14.7 Å². The Kier molecular flexibility index (Phi) is 2.32. The summed E-state index contributed by atoms with van der Waals surface area (Å²) in [5.74, 6) is 0.146. The minimum Gasteiger partial charge on any atom is -0.435 e. The molecule has 1 aromatic carbocycles. The molecule has 0 radical (unpaired) electrons. The lowest BCUT2D eigenvalue weighted by Crippen LogP contribution is -2.02. The van der Waals surface area contributed by atoms with Gasteiger partial charge in [0.25, 0.3) is 0 Å². The maximum Gasteiger partial charge on any atom is 0.387 e. The maximum atomic E-state index is 11.9. The van der Waals surface area contributed by atoms with Crippen molar-refractivity contribution in [2.24, 2.45) is 0 Å². The van der Waals surface area contributed by atoms with Gasteiger partial charge in [0.2, 0.25) is 5.95 Å². The fourth-order valence-corrected chi connectivity index (χ4v) is 1.19. The van der Waals surface area contributed by atoms with E-state index in [0.29, 0.717) is 10.9 Å². The van der Waals surface area contributed by atoms with Crippen molar-refractivity contribution in [1.29, 1.82) is 0 Å². The molecule has 0 unspecified atom stereocenters. The molecule has 0 aliphatic rings. The molecule has 2 rings (SSSR count). The standard InChI is InChI=1S/C9H7F2N3O/c10-8(11)15-6-2-1-5-4-13-9(12)14-7(5)3-6/h1-4,8H,(H2,12,13,14). The van der Waals surface area contributed by atoms with Gasteiger partial charge in [-0.3, -0.25) is 0 Å². The third-order valence-corrected chi connectivity index (χ3v) is 1.80. The van der Waals surface area contributed by atoms with Gasteiger partial charge in [-0.2, -0.15) is 8.78 Å². The predicted octanol–water partition coefficient (Wildman–Crippen LogP) is 1.81. The molecular formula is C9H7F2N3O. The number of anilines is 1. The summed E-state index contributed by atoms with van der Waals surface area (Å²) in [6.45, 7) is -2.85. The lowest BCUT2D eigenvalue weighted by molar-refractivity contribution is -0.0497. The summed E-state index contributed by atoms with van der Waals surface area (Å²) in [5.41, 5.74) is 5.84. The fraction of sp³-hybridized carbons (Fsp3) is 0.111. The Morgan fingerprint density at radius 2 is 2.13 bits per heavy atom. The molecule has 0 atom stereocenters. The summed E-state index contributed by atoms with van der Waals surface area (Å²) in [5, 5.41) is 0.714. The third kappa shape index (κ3) is 2.09. The normalized spacial score (nSPS) is 10.9. The van der Waals surface area contributed by atoms with Gasteiger partial charge in [-0.1, -0.05) is 0 Å². The van der Waals surface area contributed by atoms with Crippen molar-refractivity contribution in [2.45, 2.75) is 6.61 Å². The molecule has 2 N–H and O–H groups in total. The number of nitrogens with two attached hydrogens (primary N) is 1. The molecule has 0 bridgehead atoms. The Hall–Kier alpha value is -1.98. The van der Waals surface area contributed by atoms with Crippen LogP contribution in [0, 0.1) is 0 Å². The summed E-state index contributed by atoms with van der Waals surface area (Å²) >= 11 is 0. The van der Waals surface area contributed by atoms with Crippen LogP contribution in [0.25, 0.3) is 10.9 Å². The van der Waals surface area contributed by atoms with Crippen LogP contribution in [0.4, 0.5) is 14.7 Å². The van der Waals surface area contributed by atoms with Crippen LogP contribution < -0.4 is 10.5 Å². The van der Waals surface area contributed by atoms with Crippen molar-refractivity contribution in [3.8, 4) is 5.75 Å². The first-order valence-corrected chi connectivity index (χ1v) is 4.12. The van der Waals surface area contributed by atoms with Crippen molar-refractivity contribution in [3.05, 3.63) is 24.4 Å². The lowest BCUT2D eigenvalue weighted by atomic mass is 10.2. The number of nitrogens with zero attached hydrogens (tertiary/aromatic N) is 2. The zero-order chi connectivity index (χ0) is 10.8. The molecule has 0 spiro atoms. The first-order valence-electron chi connectivity index (χ1n) is 4.12. The molecule has 1 aromatic heterocycles. The second kappa shape index (κ2) is 3.64. The Labute approximate surface area is 83.7 Å². The lowest BCUT2D eigenvalue weighted by Gasteiger charge is -2.04. The Morgan fingerprint density at radius 3 is 2.87 bits per heavy atom. The summed E-state index contributed by atoms with van der Waals surface area (Å²) in [6.07, 6.45) is 1.52. The van der Waals surface area contributed by atoms with Gasteiger partial charge < -0.3 is 10.5 Å². The van der Waals surface area contributed by atoms with Gasteiger partial charge >= 0.3 is 6.61 Å². The molecule has 0 saturated carbocycles. The van der Waals surface area contributed by atoms with E-state index in [1.54, 1.807) is 6.07 Å². The quantitative estimate of drug-likeness (QED) is 0.822. The molecule has 1 heterocycles. The van der Waals surface area contributed by atoms with Crippen molar-refractivity contribution in [1.82, 2.24) is 9.97 Å². The van der Waals surface area contributed by atoms with Gasteiger partial charge in [-0.05, 0) is 12.1 Å². The van der Waals surface area contributed by atoms with E-state index >= 15 is 0 Å². The van der Waals surface area contributed by atoms with Gasteiger partial charge in [0.15, 0.2) is 0 Å². The molecule has 2 aromatic rings. The highest BCUT2D eigenvalue weighted by atomic mass is 19.3. The monoisotopic (exact) mass is 211 g/mol. The van der Waals surface area contributed by atoms with E-state index in [1.807, 2.05) is 0 Å². The van der Waals surface area contributed by atoms with E-state index in [1.165, 1.54) is 18.3 Å². The van der Waals surface area contributed by atoms with Crippen LogP contribution in [0.2, 0.25) is 0 Å². The van der Waals surface area contributed by atoms with Crippen LogP contribution in [0.1, 0.15) is 0 Å². The highest BCUT2D eigenvalue weighted by Crippen LogP contribution is 2.20. The molecule has 6 heteroatoms. The van der Waals surface area contributed by atoms with E-state index in [0.717, 1.165) is 0 Å². The zero-order valence-electron chi connectivity index (χ0n) is 7.52. The second-order valence-corrected chi connectivity index (χ2v) is 2.83. The minimum absolute atomic E-state index is 0.0515. The fourth-order valence-electron chi connectivity index (χ4n) is 1.19. The zero-order valence-corrected chi connectivity index (χ0v) is 7.52. The van der Waals surface area contributed by atoms with E-state index < -0.39 is 6.61 Å². The number of hydrogen-bond donors (Lipinski definition) is 1. The van der Waals surface area contributed by atoms with E-state index in [9.17, 15) is 8.78 Å². The number of benzene rings is 1. The van der Waals surface area contributed by atoms with Gasteiger partial charge in [-0.25, -0.2) is 9.97 Å². The number of ether oxygens (including phenoxy) is 1. The topological polar surface area (TPSA) is 61.0 Å². The number of fused-ring (bicyclic) bond motifs is 1.